The van der Waals surface area contributed by atoms with E-state index in [0.29, 0.717) is 24.2 Å². The van der Waals surface area contributed by atoms with Crippen LogP contribution in [0.25, 0.3) is 11.3 Å². The minimum absolute atomic E-state index is 0.0407. The lowest BCUT2D eigenvalue weighted by molar-refractivity contribution is -0.120. The summed E-state index contributed by atoms with van der Waals surface area (Å²) in [4.78, 5) is 16.2. The molecule has 3 aromatic rings. The first kappa shape index (κ1) is 14.9. The topological polar surface area (TPSA) is 42.0 Å². The number of hydrogen-bond donors (Lipinski definition) is 1. The zero-order valence-electron chi connectivity index (χ0n) is 11.6. The van der Waals surface area contributed by atoms with Gasteiger partial charge in [0.15, 0.2) is 0 Å². The van der Waals surface area contributed by atoms with E-state index >= 15 is 0 Å². The van der Waals surface area contributed by atoms with Gasteiger partial charge in [-0.1, -0.05) is 12.1 Å². The van der Waals surface area contributed by atoms with Crippen LogP contribution in [0.4, 0.5) is 4.39 Å². The van der Waals surface area contributed by atoms with Crippen molar-refractivity contribution in [2.24, 2.45) is 0 Å². The van der Waals surface area contributed by atoms with E-state index in [4.69, 9.17) is 0 Å². The summed E-state index contributed by atoms with van der Waals surface area (Å²) in [6.07, 6.45) is 0.370. The maximum atomic E-state index is 13.7. The first-order valence-electron chi connectivity index (χ1n) is 6.69. The second kappa shape index (κ2) is 6.81. The smallest absolute Gasteiger partial charge is 0.224 e. The van der Waals surface area contributed by atoms with Crippen LogP contribution in [0.2, 0.25) is 0 Å². The van der Waals surface area contributed by atoms with Crippen molar-refractivity contribution in [3.63, 3.8) is 0 Å². The molecule has 112 valence electrons. The summed E-state index contributed by atoms with van der Waals surface area (Å²) in [5.41, 5.74) is 2.09. The van der Waals surface area contributed by atoms with Crippen LogP contribution < -0.4 is 5.32 Å². The number of aromatic nitrogens is 1. The number of hydrogen-bond acceptors (Lipinski definition) is 4. The monoisotopic (exact) mass is 332 g/mol. The normalized spacial score (nSPS) is 10.6. The fourth-order valence-corrected chi connectivity index (χ4v) is 3.40. The van der Waals surface area contributed by atoms with Gasteiger partial charge in [0, 0.05) is 10.9 Å². The van der Waals surface area contributed by atoms with Crippen LogP contribution in [-0.4, -0.2) is 10.9 Å². The Hall–Kier alpha value is -2.05. The largest absolute Gasteiger partial charge is 0.349 e. The fraction of sp³-hybridized carbons (Fsp3) is 0.125. The highest BCUT2D eigenvalue weighted by Crippen LogP contribution is 2.24. The van der Waals surface area contributed by atoms with E-state index in [-0.39, 0.29) is 11.7 Å². The number of benzene rings is 1. The van der Waals surface area contributed by atoms with Gasteiger partial charge in [0.1, 0.15) is 10.8 Å². The Bertz CT molecular complexity index is 768. The van der Waals surface area contributed by atoms with Crippen LogP contribution >= 0.6 is 22.7 Å². The Balaban J connectivity index is 1.60. The molecule has 2 aromatic heterocycles. The maximum Gasteiger partial charge on any atom is 0.224 e. The van der Waals surface area contributed by atoms with Crippen molar-refractivity contribution < 1.29 is 9.18 Å². The van der Waals surface area contributed by atoms with Gasteiger partial charge in [-0.15, -0.1) is 11.3 Å². The first-order chi connectivity index (χ1) is 10.7. The zero-order chi connectivity index (χ0) is 15.4. The molecule has 0 aliphatic heterocycles. The molecule has 1 amide bonds. The van der Waals surface area contributed by atoms with E-state index in [9.17, 15) is 9.18 Å². The molecule has 0 saturated heterocycles. The van der Waals surface area contributed by atoms with Gasteiger partial charge in [0.2, 0.25) is 5.91 Å². The Kier molecular flexibility index (Phi) is 4.60. The summed E-state index contributed by atoms with van der Waals surface area (Å²) >= 11 is 2.99. The third-order valence-electron chi connectivity index (χ3n) is 3.08. The second-order valence-electron chi connectivity index (χ2n) is 4.69. The number of amides is 1. The van der Waals surface area contributed by atoms with E-state index in [1.165, 1.54) is 17.4 Å². The van der Waals surface area contributed by atoms with Gasteiger partial charge >= 0.3 is 0 Å². The number of carbonyl (C=O) groups is 1. The molecule has 0 unspecified atom stereocenters. The summed E-state index contributed by atoms with van der Waals surface area (Å²) in [5.74, 6) is -0.332. The summed E-state index contributed by atoms with van der Waals surface area (Å²) in [5, 5.41) is 9.31. The molecular formula is C16H13FN2OS2. The molecule has 0 bridgehead atoms. The average molecular weight is 332 g/mol. The molecule has 22 heavy (non-hydrogen) atoms. The zero-order valence-corrected chi connectivity index (χ0v) is 13.2. The van der Waals surface area contributed by atoms with Gasteiger partial charge in [0.25, 0.3) is 0 Å². The molecule has 0 saturated carbocycles. The molecule has 0 radical (unpaired) electrons. The highest BCUT2D eigenvalue weighted by molar-refractivity contribution is 7.10. The highest BCUT2D eigenvalue weighted by atomic mass is 32.1. The molecule has 1 N–H and O–H groups in total. The number of thiophene rings is 1. The predicted molar refractivity (Wildman–Crippen MR) is 87.4 cm³/mol. The third-order valence-corrected chi connectivity index (χ3v) is 4.66. The van der Waals surface area contributed by atoms with Crippen molar-refractivity contribution in [2.45, 2.75) is 13.0 Å². The SMILES string of the molecule is O=C(Cc1ccsc1)NCc1nc(-c2ccccc2F)cs1. The standard InChI is InChI=1S/C16H13FN2OS2/c17-13-4-2-1-3-12(13)14-10-22-16(19-14)8-18-15(20)7-11-5-6-21-9-11/h1-6,9-10H,7-8H2,(H,18,20). The van der Waals surface area contributed by atoms with Crippen LogP contribution in [0.1, 0.15) is 10.6 Å². The Morgan fingerprint density at radius 3 is 2.86 bits per heavy atom. The molecule has 0 fully saturated rings. The van der Waals surface area contributed by atoms with Gasteiger partial charge < -0.3 is 5.32 Å². The second-order valence-corrected chi connectivity index (χ2v) is 6.41. The fourth-order valence-electron chi connectivity index (χ4n) is 2.00. The molecule has 6 heteroatoms. The van der Waals surface area contributed by atoms with Crippen LogP contribution in [0, 0.1) is 5.82 Å². The van der Waals surface area contributed by atoms with Crippen LogP contribution in [0.5, 0.6) is 0 Å². The van der Waals surface area contributed by atoms with E-state index < -0.39 is 0 Å². The molecule has 0 atom stereocenters. The van der Waals surface area contributed by atoms with Crippen molar-refractivity contribution in [2.75, 3.05) is 0 Å². The van der Waals surface area contributed by atoms with Crippen LogP contribution in [-0.2, 0) is 17.8 Å². The van der Waals surface area contributed by atoms with Crippen molar-refractivity contribution in [3.8, 4) is 11.3 Å². The van der Waals surface area contributed by atoms with E-state index in [2.05, 4.69) is 10.3 Å². The van der Waals surface area contributed by atoms with Crippen molar-refractivity contribution in [3.05, 3.63) is 62.9 Å². The molecule has 1 aromatic carbocycles. The lowest BCUT2D eigenvalue weighted by Crippen LogP contribution is -2.24. The van der Waals surface area contributed by atoms with Crippen molar-refractivity contribution in [1.82, 2.24) is 10.3 Å². The lowest BCUT2D eigenvalue weighted by Gasteiger charge is -2.02. The molecule has 2 heterocycles. The molecule has 3 rings (SSSR count). The summed E-state index contributed by atoms with van der Waals surface area (Å²) in [7, 11) is 0. The quantitative estimate of drug-likeness (QED) is 0.771. The molecule has 3 nitrogen and oxygen atoms in total. The molecule has 0 spiro atoms. The Morgan fingerprint density at radius 1 is 1.23 bits per heavy atom. The number of rotatable bonds is 5. The number of nitrogens with zero attached hydrogens (tertiary/aromatic N) is 1. The molecule has 0 aliphatic rings. The number of halogens is 1. The number of carbonyl (C=O) groups excluding carboxylic acids is 1. The van der Waals surface area contributed by atoms with Crippen LogP contribution in [0.3, 0.4) is 0 Å². The Morgan fingerprint density at radius 2 is 2.09 bits per heavy atom. The summed E-state index contributed by atoms with van der Waals surface area (Å²) in [6.45, 7) is 0.363. The van der Waals surface area contributed by atoms with Gasteiger partial charge in [-0.2, -0.15) is 11.3 Å². The molecule has 0 aliphatic carbocycles. The highest BCUT2D eigenvalue weighted by Gasteiger charge is 2.10. The summed E-state index contributed by atoms with van der Waals surface area (Å²) in [6, 6.07) is 8.47. The van der Waals surface area contributed by atoms with E-state index in [0.717, 1.165) is 10.6 Å². The van der Waals surface area contributed by atoms with Crippen LogP contribution in [0.15, 0.2) is 46.5 Å². The van der Waals surface area contributed by atoms with Gasteiger partial charge in [0.05, 0.1) is 18.7 Å². The minimum atomic E-state index is -0.291. The minimum Gasteiger partial charge on any atom is -0.349 e. The molecular weight excluding hydrogens is 319 g/mol. The predicted octanol–water partition coefficient (Wildman–Crippen LogP) is 3.87. The maximum absolute atomic E-state index is 13.7. The third kappa shape index (κ3) is 3.58. The van der Waals surface area contributed by atoms with Crippen molar-refractivity contribution >= 4 is 28.6 Å². The van der Waals surface area contributed by atoms with Crippen molar-refractivity contribution in [1.29, 1.82) is 0 Å². The lowest BCUT2D eigenvalue weighted by atomic mass is 10.2. The van der Waals surface area contributed by atoms with Gasteiger partial charge in [-0.3, -0.25) is 4.79 Å². The summed E-state index contributed by atoms with van der Waals surface area (Å²) < 4.78 is 13.7. The van der Waals surface area contributed by atoms with Gasteiger partial charge in [-0.05, 0) is 34.5 Å². The van der Waals surface area contributed by atoms with Gasteiger partial charge in [-0.25, -0.2) is 9.37 Å². The number of thiazole rings is 1. The first-order valence-corrected chi connectivity index (χ1v) is 8.51. The number of nitrogens with one attached hydrogen (secondary N) is 1. The Labute approximate surface area is 135 Å². The van der Waals surface area contributed by atoms with E-state index in [1.807, 2.05) is 16.8 Å². The average Bonchev–Trinajstić information content (AvgIpc) is 3.17. The van der Waals surface area contributed by atoms with E-state index in [1.54, 1.807) is 34.9 Å².